The van der Waals surface area contributed by atoms with Crippen LogP contribution in [0.1, 0.15) is 114 Å². The van der Waals surface area contributed by atoms with Crippen LogP contribution >= 0.6 is 0 Å². The molecule has 3 heteroatoms. The SMILES string of the molecule is CCC1=Cc2c(-c3ccc(C(C)C)cc3)cccc2[CH]1[Ti+2]1([CH]2C(CC)=Cc3c(-c4ccc(C(C)C)cc4)cccc32)[CH2]C[CH2]1.[Cl-].[Cl-]. The first kappa shape index (κ1) is 35.0. The third-order valence-corrected chi connectivity index (χ3v) is 21.1. The van der Waals surface area contributed by atoms with Crippen LogP contribution in [0.15, 0.2) is 96.1 Å². The largest absolute Gasteiger partial charge is 1.00 e. The molecule has 2 unspecified atom stereocenters. The molecule has 46 heavy (non-hydrogen) atoms. The molecule has 0 nitrogen and oxygen atoms in total. The number of hydrogen-bond donors (Lipinski definition) is 0. The van der Waals surface area contributed by atoms with Gasteiger partial charge in [0.2, 0.25) is 0 Å². The van der Waals surface area contributed by atoms with E-state index < -0.39 is 16.6 Å². The van der Waals surface area contributed by atoms with E-state index in [9.17, 15) is 0 Å². The molecular weight excluding hydrogens is 635 g/mol. The molecule has 238 valence electrons. The molecule has 1 heterocycles. The Hall–Kier alpha value is -2.35. The predicted molar refractivity (Wildman–Crippen MR) is 188 cm³/mol. The number of benzene rings is 4. The van der Waals surface area contributed by atoms with Crippen molar-refractivity contribution in [2.24, 2.45) is 0 Å². The summed E-state index contributed by atoms with van der Waals surface area (Å²) in [5.41, 5.74) is 18.2. The molecule has 2 atom stereocenters. The molecule has 4 aromatic carbocycles. The minimum Gasteiger partial charge on any atom is -1.00 e. The summed E-state index contributed by atoms with van der Waals surface area (Å²) in [6.07, 6.45) is 9.00. The summed E-state index contributed by atoms with van der Waals surface area (Å²) in [4.78, 5) is 0. The molecule has 4 aromatic rings. The third kappa shape index (κ3) is 5.73. The van der Waals surface area contributed by atoms with Crippen molar-refractivity contribution >= 4 is 12.2 Å². The van der Waals surface area contributed by atoms with Crippen molar-refractivity contribution in [3.63, 3.8) is 0 Å². The fourth-order valence-corrected chi connectivity index (χ4v) is 18.9. The van der Waals surface area contributed by atoms with Crippen LogP contribution in [0, 0.1) is 0 Å². The molecule has 0 bridgehead atoms. The van der Waals surface area contributed by atoms with Crippen molar-refractivity contribution in [1.29, 1.82) is 0 Å². The van der Waals surface area contributed by atoms with E-state index in [4.69, 9.17) is 0 Å². The van der Waals surface area contributed by atoms with Gasteiger partial charge in [0.25, 0.3) is 0 Å². The van der Waals surface area contributed by atoms with Gasteiger partial charge in [0, 0.05) is 0 Å². The van der Waals surface area contributed by atoms with E-state index in [0.717, 1.165) is 12.8 Å². The number of rotatable bonds is 8. The molecule has 1 aliphatic heterocycles. The summed E-state index contributed by atoms with van der Waals surface area (Å²) < 4.78 is 4.31. The molecule has 0 N–H and O–H groups in total. The smallest absolute Gasteiger partial charge is 1.00 e. The Morgan fingerprint density at radius 3 is 1.26 bits per heavy atom. The Kier molecular flexibility index (Phi) is 10.7. The molecule has 1 fully saturated rings. The summed E-state index contributed by atoms with van der Waals surface area (Å²) in [6, 6.07) is 33.3. The van der Waals surface area contributed by atoms with Crippen LogP contribution < -0.4 is 24.8 Å². The number of allylic oxidation sites excluding steroid dienone is 2. The quantitative estimate of drug-likeness (QED) is 0.175. The average Bonchev–Trinajstić information content (AvgIpc) is 3.60. The number of halogens is 2. The molecule has 0 amide bonds. The molecule has 2 aliphatic carbocycles. The predicted octanol–water partition coefficient (Wildman–Crippen LogP) is 7.07. The Morgan fingerprint density at radius 1 is 0.565 bits per heavy atom. The van der Waals surface area contributed by atoms with Crippen molar-refractivity contribution in [3.05, 3.63) is 129 Å². The second kappa shape index (κ2) is 14.0. The first-order valence-electron chi connectivity index (χ1n) is 17.2. The van der Waals surface area contributed by atoms with E-state index in [1.54, 1.807) is 22.3 Å². The van der Waals surface area contributed by atoms with E-state index in [2.05, 4.69) is 139 Å². The van der Waals surface area contributed by atoms with Crippen LogP contribution in [0.4, 0.5) is 0 Å². The first-order valence-corrected chi connectivity index (χ1v) is 21.2. The van der Waals surface area contributed by atoms with Gasteiger partial charge in [-0.15, -0.1) is 0 Å². The summed E-state index contributed by atoms with van der Waals surface area (Å²) in [7, 11) is 0. The van der Waals surface area contributed by atoms with Crippen LogP contribution in [0.3, 0.4) is 0 Å². The molecule has 0 aromatic heterocycles. The minimum atomic E-state index is -2.48. The molecule has 0 spiro atoms. The minimum absolute atomic E-state index is 0. The van der Waals surface area contributed by atoms with Crippen molar-refractivity contribution < 1.29 is 41.4 Å². The van der Waals surface area contributed by atoms with Gasteiger partial charge < -0.3 is 24.8 Å². The Balaban J connectivity index is 0.00000208. The van der Waals surface area contributed by atoms with Crippen molar-refractivity contribution in [3.8, 4) is 22.3 Å². The van der Waals surface area contributed by atoms with Gasteiger partial charge in [-0.25, -0.2) is 0 Å². The van der Waals surface area contributed by atoms with E-state index in [1.807, 2.05) is 0 Å². The molecule has 0 radical (unpaired) electrons. The van der Waals surface area contributed by atoms with Crippen LogP contribution in [0.2, 0.25) is 9.45 Å². The van der Waals surface area contributed by atoms with Crippen molar-refractivity contribution in [1.82, 2.24) is 0 Å². The molecule has 3 aliphatic rings. The maximum atomic E-state index is 2.63. The normalized spacial score (nSPS) is 18.3. The zero-order valence-corrected chi connectivity index (χ0v) is 31.4. The van der Waals surface area contributed by atoms with Gasteiger partial charge in [-0.3, -0.25) is 0 Å². The second-order valence-corrected chi connectivity index (χ2v) is 21.5. The summed E-state index contributed by atoms with van der Waals surface area (Å²) >= 11 is -2.48. The van der Waals surface area contributed by atoms with Crippen molar-refractivity contribution in [2.75, 3.05) is 0 Å². The van der Waals surface area contributed by atoms with Gasteiger partial charge >= 0.3 is 271 Å². The van der Waals surface area contributed by atoms with Gasteiger partial charge in [-0.05, 0) is 0 Å². The molecule has 0 saturated carbocycles. The van der Waals surface area contributed by atoms with Crippen LogP contribution in [-0.4, -0.2) is 0 Å². The van der Waals surface area contributed by atoms with Gasteiger partial charge in [0.1, 0.15) is 0 Å². The van der Waals surface area contributed by atoms with Crippen molar-refractivity contribution in [2.45, 2.75) is 90.5 Å². The standard InChI is InChI=1S/2C20H21.C3H6.2ClH.Ti/c2*1-4-15-12-18-6-5-7-19(20(18)13-15)17-10-8-16(9-11-17)14(2)3;1-3-2;;;/h2*5-14H,4H2,1-3H3;1-3H2;2*1H;/q;;;;;+2/p-2. The van der Waals surface area contributed by atoms with Gasteiger partial charge in [-0.2, -0.15) is 0 Å². The zero-order chi connectivity index (χ0) is 30.6. The van der Waals surface area contributed by atoms with E-state index in [1.165, 1.54) is 60.4 Å². The topological polar surface area (TPSA) is 0 Å². The van der Waals surface area contributed by atoms with Gasteiger partial charge in [-0.1, -0.05) is 0 Å². The van der Waals surface area contributed by atoms with Crippen LogP contribution in [0.25, 0.3) is 34.4 Å². The number of fused-ring (bicyclic) bond motifs is 2. The zero-order valence-electron chi connectivity index (χ0n) is 28.3. The Bertz CT molecular complexity index is 1630. The molecule has 7 rings (SSSR count). The van der Waals surface area contributed by atoms with E-state index in [-0.39, 0.29) is 24.8 Å². The second-order valence-electron chi connectivity index (χ2n) is 14.3. The Morgan fingerprint density at radius 2 is 0.957 bits per heavy atom. The van der Waals surface area contributed by atoms with Gasteiger partial charge in [0.15, 0.2) is 0 Å². The molecular formula is C43H48Cl2Ti. The molecule has 1 saturated heterocycles. The number of hydrogen-bond acceptors (Lipinski definition) is 0. The summed E-state index contributed by atoms with van der Waals surface area (Å²) in [5.74, 6) is 1.12. The average molecular weight is 684 g/mol. The van der Waals surface area contributed by atoms with Crippen LogP contribution in [-0.2, 0) is 16.6 Å². The third-order valence-electron chi connectivity index (χ3n) is 11.3. The van der Waals surface area contributed by atoms with Gasteiger partial charge in [0.05, 0.1) is 0 Å². The fraction of sp³-hybridized carbons (Fsp3) is 0.349. The summed E-state index contributed by atoms with van der Waals surface area (Å²) in [5, 5.41) is 0. The Labute approximate surface area is 294 Å². The van der Waals surface area contributed by atoms with Crippen LogP contribution in [0.5, 0.6) is 0 Å². The monoisotopic (exact) mass is 682 g/mol. The summed E-state index contributed by atoms with van der Waals surface area (Å²) in [6.45, 7) is 14.0. The van der Waals surface area contributed by atoms with E-state index in [0.29, 0.717) is 20.3 Å². The maximum absolute atomic E-state index is 2.63. The first-order chi connectivity index (χ1) is 21.4. The fourth-order valence-electron chi connectivity index (χ4n) is 8.83. The maximum Gasteiger partial charge on any atom is -1.00 e. The van der Waals surface area contributed by atoms with E-state index >= 15 is 0 Å².